The van der Waals surface area contributed by atoms with Gasteiger partial charge in [-0.25, -0.2) is 0 Å². The molecule has 0 saturated heterocycles. The quantitative estimate of drug-likeness (QED) is 0.295. The van der Waals surface area contributed by atoms with Crippen LogP contribution in [0.3, 0.4) is 0 Å². The normalized spacial score (nSPS) is 20.9. The molecule has 1 saturated carbocycles. The van der Waals surface area contributed by atoms with Crippen LogP contribution in [-0.4, -0.2) is 33.6 Å². The number of carboxylic acids is 1. The Labute approximate surface area is 173 Å². The Bertz CT molecular complexity index is 559. The third kappa shape index (κ3) is 8.78. The molecule has 1 aliphatic carbocycles. The zero-order valence-electron chi connectivity index (χ0n) is 16.5. The molecular formula is C23H34O2S2. The number of thioether (sulfide) groups is 2. The van der Waals surface area contributed by atoms with Gasteiger partial charge in [-0.1, -0.05) is 62.2 Å². The summed E-state index contributed by atoms with van der Waals surface area (Å²) in [5.41, 5.74) is 1.47. The minimum Gasteiger partial charge on any atom is -0.481 e. The SMILES string of the molecule is CCCC(CC=C[C@H]1CCC[C@@H]1SCCCSCC(=O)O)c1ccccc1. The summed E-state index contributed by atoms with van der Waals surface area (Å²) in [5, 5.41) is 9.43. The summed E-state index contributed by atoms with van der Waals surface area (Å²) in [6.45, 7) is 2.28. The summed E-state index contributed by atoms with van der Waals surface area (Å²) < 4.78 is 0. The van der Waals surface area contributed by atoms with Crippen LogP contribution in [0.25, 0.3) is 0 Å². The molecule has 0 bridgehead atoms. The standard InChI is InChI=1S/C23H34O2S2/c1-2-9-19(20-10-4-3-5-11-20)12-6-13-21-14-7-15-22(21)27-17-8-16-26-18-23(24)25/h3-6,10-11,13,19,21-22H,2,7-9,12,14-18H2,1H3,(H,24,25)/t19?,21-,22-/m0/s1. The third-order valence-corrected chi connectivity index (χ3v) is 7.77. The second-order valence-electron chi connectivity index (χ2n) is 7.36. The van der Waals surface area contributed by atoms with E-state index in [1.807, 2.05) is 0 Å². The minimum atomic E-state index is -0.703. The van der Waals surface area contributed by atoms with Gasteiger partial charge in [-0.2, -0.15) is 23.5 Å². The highest BCUT2D eigenvalue weighted by Crippen LogP contribution is 2.37. The molecular weight excluding hydrogens is 372 g/mol. The van der Waals surface area contributed by atoms with E-state index in [1.165, 1.54) is 49.4 Å². The molecule has 0 radical (unpaired) electrons. The molecule has 0 aromatic heterocycles. The van der Waals surface area contributed by atoms with Crippen LogP contribution in [-0.2, 0) is 4.79 Å². The van der Waals surface area contributed by atoms with Gasteiger partial charge in [0.15, 0.2) is 0 Å². The molecule has 0 amide bonds. The van der Waals surface area contributed by atoms with Crippen molar-refractivity contribution in [2.45, 2.75) is 63.0 Å². The number of rotatable bonds is 13. The van der Waals surface area contributed by atoms with Gasteiger partial charge in [-0.05, 0) is 61.0 Å². The molecule has 4 heteroatoms. The van der Waals surface area contributed by atoms with Crippen molar-refractivity contribution in [3.8, 4) is 0 Å². The maximum atomic E-state index is 10.5. The fraction of sp³-hybridized carbons (Fsp3) is 0.609. The second-order valence-corrected chi connectivity index (χ2v) is 9.82. The Morgan fingerprint density at radius 1 is 1.26 bits per heavy atom. The summed E-state index contributed by atoms with van der Waals surface area (Å²) in [6.07, 6.45) is 13.7. The molecule has 1 fully saturated rings. The van der Waals surface area contributed by atoms with Crippen LogP contribution in [0.4, 0.5) is 0 Å². The highest BCUT2D eigenvalue weighted by Gasteiger charge is 2.25. The van der Waals surface area contributed by atoms with E-state index in [1.54, 1.807) is 0 Å². The third-order valence-electron chi connectivity index (χ3n) is 5.21. The zero-order valence-corrected chi connectivity index (χ0v) is 18.1. The van der Waals surface area contributed by atoms with Crippen LogP contribution in [0.2, 0.25) is 0 Å². The number of carboxylic acid groups (broad SMARTS) is 1. The van der Waals surface area contributed by atoms with Gasteiger partial charge in [0.25, 0.3) is 0 Å². The van der Waals surface area contributed by atoms with Crippen LogP contribution < -0.4 is 0 Å². The Kier molecular flexibility index (Phi) is 11.1. The lowest BCUT2D eigenvalue weighted by Crippen LogP contribution is -2.09. The van der Waals surface area contributed by atoms with Crippen LogP contribution in [0.5, 0.6) is 0 Å². The summed E-state index contributed by atoms with van der Waals surface area (Å²) in [7, 11) is 0. The lowest BCUT2D eigenvalue weighted by molar-refractivity contribution is -0.133. The van der Waals surface area contributed by atoms with Crippen LogP contribution in [0.1, 0.15) is 63.4 Å². The van der Waals surface area contributed by atoms with Gasteiger partial charge in [-0.15, -0.1) is 0 Å². The molecule has 1 aliphatic rings. The van der Waals surface area contributed by atoms with Gasteiger partial charge < -0.3 is 5.11 Å². The van der Waals surface area contributed by atoms with E-state index in [2.05, 4.69) is 61.2 Å². The van der Waals surface area contributed by atoms with E-state index >= 15 is 0 Å². The highest BCUT2D eigenvalue weighted by atomic mass is 32.2. The van der Waals surface area contributed by atoms with Gasteiger partial charge in [-0.3, -0.25) is 4.79 Å². The van der Waals surface area contributed by atoms with Crippen molar-refractivity contribution in [2.75, 3.05) is 17.3 Å². The lowest BCUT2D eigenvalue weighted by Gasteiger charge is -2.17. The molecule has 0 heterocycles. The topological polar surface area (TPSA) is 37.3 Å². The average Bonchev–Trinajstić information content (AvgIpc) is 3.11. The molecule has 3 atom stereocenters. The van der Waals surface area contributed by atoms with Crippen molar-refractivity contribution in [1.82, 2.24) is 0 Å². The smallest absolute Gasteiger partial charge is 0.313 e. The molecule has 27 heavy (non-hydrogen) atoms. The van der Waals surface area contributed by atoms with Gasteiger partial charge >= 0.3 is 5.97 Å². The highest BCUT2D eigenvalue weighted by molar-refractivity contribution is 8.00. The summed E-state index contributed by atoms with van der Waals surface area (Å²) in [6, 6.07) is 10.9. The number of aliphatic carboxylic acids is 1. The number of benzene rings is 1. The van der Waals surface area contributed by atoms with E-state index in [0.29, 0.717) is 5.92 Å². The molecule has 2 rings (SSSR count). The molecule has 1 N–H and O–H groups in total. The number of carbonyl (C=O) groups is 1. The molecule has 1 aromatic rings. The zero-order chi connectivity index (χ0) is 19.3. The van der Waals surface area contributed by atoms with E-state index in [-0.39, 0.29) is 5.75 Å². The number of hydrogen-bond acceptors (Lipinski definition) is 3. The number of allylic oxidation sites excluding steroid dienone is 2. The maximum absolute atomic E-state index is 10.5. The molecule has 1 aromatic carbocycles. The van der Waals surface area contributed by atoms with Crippen LogP contribution in [0, 0.1) is 5.92 Å². The van der Waals surface area contributed by atoms with Gasteiger partial charge in [0.05, 0.1) is 5.75 Å². The predicted octanol–water partition coefficient (Wildman–Crippen LogP) is 6.63. The lowest BCUT2D eigenvalue weighted by atomic mass is 9.91. The molecule has 1 unspecified atom stereocenters. The van der Waals surface area contributed by atoms with Gasteiger partial charge in [0.2, 0.25) is 0 Å². The Hall–Kier alpha value is -0.870. The molecule has 2 nitrogen and oxygen atoms in total. The van der Waals surface area contributed by atoms with Crippen molar-refractivity contribution in [3.63, 3.8) is 0 Å². The number of hydrogen-bond donors (Lipinski definition) is 1. The van der Waals surface area contributed by atoms with Crippen molar-refractivity contribution in [2.24, 2.45) is 5.92 Å². The molecule has 150 valence electrons. The largest absolute Gasteiger partial charge is 0.481 e. The van der Waals surface area contributed by atoms with Gasteiger partial charge in [0, 0.05) is 5.25 Å². The second kappa shape index (κ2) is 13.3. The fourth-order valence-corrected chi connectivity index (χ4v) is 6.12. The van der Waals surface area contributed by atoms with Crippen LogP contribution >= 0.6 is 23.5 Å². The van der Waals surface area contributed by atoms with Crippen LogP contribution in [0.15, 0.2) is 42.5 Å². The fourth-order valence-electron chi connectivity index (χ4n) is 3.85. The van der Waals surface area contributed by atoms with E-state index in [9.17, 15) is 4.79 Å². The summed E-state index contributed by atoms with van der Waals surface area (Å²) in [4.78, 5) is 10.5. The first-order valence-electron chi connectivity index (χ1n) is 10.3. The van der Waals surface area contributed by atoms with E-state index in [0.717, 1.165) is 35.5 Å². The first-order chi connectivity index (χ1) is 13.2. The maximum Gasteiger partial charge on any atom is 0.313 e. The first kappa shape index (κ1) is 22.4. The predicted molar refractivity (Wildman–Crippen MR) is 121 cm³/mol. The van der Waals surface area contributed by atoms with Gasteiger partial charge in [0.1, 0.15) is 0 Å². The van der Waals surface area contributed by atoms with Crippen molar-refractivity contribution >= 4 is 29.5 Å². The Balaban J connectivity index is 1.73. The van der Waals surface area contributed by atoms with E-state index in [4.69, 9.17) is 5.11 Å². The van der Waals surface area contributed by atoms with Crippen molar-refractivity contribution in [3.05, 3.63) is 48.0 Å². The molecule has 0 spiro atoms. The summed E-state index contributed by atoms with van der Waals surface area (Å²) >= 11 is 3.64. The van der Waals surface area contributed by atoms with Crippen molar-refractivity contribution in [1.29, 1.82) is 0 Å². The summed E-state index contributed by atoms with van der Waals surface area (Å²) in [5.74, 6) is 3.02. The average molecular weight is 407 g/mol. The Morgan fingerprint density at radius 2 is 2.07 bits per heavy atom. The first-order valence-corrected chi connectivity index (χ1v) is 12.5. The monoisotopic (exact) mass is 406 g/mol. The molecule has 0 aliphatic heterocycles. The Morgan fingerprint density at radius 3 is 2.81 bits per heavy atom. The van der Waals surface area contributed by atoms with E-state index < -0.39 is 5.97 Å². The van der Waals surface area contributed by atoms with Crippen molar-refractivity contribution < 1.29 is 9.90 Å². The minimum absolute atomic E-state index is 0.236.